The number of nitrogen functional groups attached to an aromatic ring is 1. The largest absolute Gasteiger partial charge is 0.351 e. The smallest absolute Gasteiger partial charge is 0.251 e. The number of benzene rings is 1. The number of carbonyl (C=O) groups is 1. The van der Waals surface area contributed by atoms with Gasteiger partial charge in [0.15, 0.2) is 0 Å². The first-order valence-electron chi connectivity index (χ1n) is 6.54. The lowest BCUT2D eigenvalue weighted by Crippen LogP contribution is -2.30. The highest BCUT2D eigenvalue weighted by molar-refractivity contribution is 5.94. The van der Waals surface area contributed by atoms with Crippen LogP contribution in [0.3, 0.4) is 0 Å². The van der Waals surface area contributed by atoms with Crippen molar-refractivity contribution in [3.63, 3.8) is 0 Å². The van der Waals surface area contributed by atoms with Crippen LogP contribution in [-0.2, 0) is 0 Å². The van der Waals surface area contributed by atoms with E-state index in [4.69, 9.17) is 5.84 Å². The number of rotatable bonds is 6. The van der Waals surface area contributed by atoms with E-state index in [-0.39, 0.29) is 5.91 Å². The van der Waals surface area contributed by atoms with E-state index < -0.39 is 0 Å². The SMILES string of the molecule is CCCC1(CNC(=O)c2ccc(NN)cc2)CC1. The van der Waals surface area contributed by atoms with Gasteiger partial charge in [0.2, 0.25) is 0 Å². The predicted octanol–water partition coefficient (Wildman–Crippen LogP) is 2.28. The number of hydrogen-bond donors (Lipinski definition) is 3. The van der Waals surface area contributed by atoms with Crippen LogP contribution in [0.2, 0.25) is 0 Å². The first-order valence-corrected chi connectivity index (χ1v) is 6.54. The minimum Gasteiger partial charge on any atom is -0.351 e. The predicted molar refractivity (Wildman–Crippen MR) is 73.2 cm³/mol. The Morgan fingerprint density at radius 1 is 1.33 bits per heavy atom. The standard InChI is InChI=1S/C14H21N3O/c1-2-7-14(8-9-14)10-16-13(18)11-3-5-12(17-15)6-4-11/h3-6,17H,2,7-10,15H2,1H3,(H,16,18). The lowest BCUT2D eigenvalue weighted by Gasteiger charge is -2.15. The molecule has 0 atom stereocenters. The van der Waals surface area contributed by atoms with Crippen LogP contribution in [0.1, 0.15) is 43.0 Å². The summed E-state index contributed by atoms with van der Waals surface area (Å²) in [5, 5.41) is 3.03. The number of nitrogens with one attached hydrogen (secondary N) is 2. The third kappa shape index (κ3) is 3.01. The van der Waals surface area contributed by atoms with Gasteiger partial charge in [0.25, 0.3) is 5.91 Å². The van der Waals surface area contributed by atoms with Crippen molar-refractivity contribution >= 4 is 11.6 Å². The van der Waals surface area contributed by atoms with Crippen LogP contribution in [0.25, 0.3) is 0 Å². The molecule has 1 aromatic carbocycles. The van der Waals surface area contributed by atoms with Gasteiger partial charge in [-0.05, 0) is 48.9 Å². The second-order valence-electron chi connectivity index (χ2n) is 5.15. The molecule has 0 bridgehead atoms. The van der Waals surface area contributed by atoms with Crippen molar-refractivity contribution < 1.29 is 4.79 Å². The molecule has 1 amide bonds. The zero-order valence-electron chi connectivity index (χ0n) is 10.8. The van der Waals surface area contributed by atoms with Gasteiger partial charge in [0.1, 0.15) is 0 Å². The Bertz CT molecular complexity index is 410. The lowest BCUT2D eigenvalue weighted by molar-refractivity contribution is 0.0944. The number of anilines is 1. The van der Waals surface area contributed by atoms with Crippen molar-refractivity contribution in [3.05, 3.63) is 29.8 Å². The van der Waals surface area contributed by atoms with Gasteiger partial charge in [-0.15, -0.1) is 0 Å². The molecule has 1 aliphatic carbocycles. The molecule has 1 aliphatic rings. The highest BCUT2D eigenvalue weighted by Crippen LogP contribution is 2.48. The summed E-state index contributed by atoms with van der Waals surface area (Å²) in [4.78, 5) is 12.0. The van der Waals surface area contributed by atoms with Gasteiger partial charge in [-0.25, -0.2) is 0 Å². The zero-order chi connectivity index (χ0) is 13.0. The minimum absolute atomic E-state index is 0.000879. The van der Waals surface area contributed by atoms with Gasteiger partial charge in [-0.2, -0.15) is 0 Å². The molecule has 1 saturated carbocycles. The van der Waals surface area contributed by atoms with Crippen LogP contribution in [0.4, 0.5) is 5.69 Å². The normalized spacial score (nSPS) is 16.1. The molecular formula is C14H21N3O. The van der Waals surface area contributed by atoms with Crippen molar-refractivity contribution in [2.45, 2.75) is 32.6 Å². The third-order valence-electron chi connectivity index (χ3n) is 3.68. The number of hydrogen-bond acceptors (Lipinski definition) is 3. The Hall–Kier alpha value is -1.55. The molecular weight excluding hydrogens is 226 g/mol. The summed E-state index contributed by atoms with van der Waals surface area (Å²) < 4.78 is 0. The monoisotopic (exact) mass is 247 g/mol. The fourth-order valence-corrected chi connectivity index (χ4v) is 2.31. The summed E-state index contributed by atoms with van der Waals surface area (Å²) in [5.74, 6) is 5.28. The van der Waals surface area contributed by atoms with E-state index in [0.717, 1.165) is 12.2 Å². The molecule has 4 N–H and O–H groups in total. The highest BCUT2D eigenvalue weighted by Gasteiger charge is 2.41. The Morgan fingerprint density at radius 3 is 2.50 bits per heavy atom. The van der Waals surface area contributed by atoms with E-state index in [9.17, 15) is 4.79 Å². The van der Waals surface area contributed by atoms with Crippen LogP contribution in [0, 0.1) is 5.41 Å². The van der Waals surface area contributed by atoms with E-state index in [1.54, 1.807) is 24.3 Å². The Labute approximate surface area is 108 Å². The molecule has 4 nitrogen and oxygen atoms in total. The van der Waals surface area contributed by atoms with Crippen LogP contribution in [-0.4, -0.2) is 12.5 Å². The van der Waals surface area contributed by atoms with E-state index in [1.807, 2.05) is 0 Å². The molecule has 4 heteroatoms. The van der Waals surface area contributed by atoms with E-state index in [1.165, 1.54) is 25.7 Å². The Kier molecular flexibility index (Phi) is 3.87. The first-order chi connectivity index (χ1) is 8.69. The fraction of sp³-hybridized carbons (Fsp3) is 0.500. The molecule has 0 aromatic heterocycles. The van der Waals surface area contributed by atoms with Gasteiger partial charge in [0, 0.05) is 17.8 Å². The van der Waals surface area contributed by atoms with Crippen molar-refractivity contribution in [2.75, 3.05) is 12.0 Å². The lowest BCUT2D eigenvalue weighted by atomic mass is 10.0. The molecule has 0 unspecified atom stereocenters. The van der Waals surface area contributed by atoms with Crippen molar-refractivity contribution in [1.29, 1.82) is 0 Å². The molecule has 1 fully saturated rings. The average Bonchev–Trinajstić information content (AvgIpc) is 3.17. The number of nitrogens with two attached hydrogens (primary N) is 1. The van der Waals surface area contributed by atoms with Gasteiger partial charge in [-0.1, -0.05) is 13.3 Å². The molecule has 0 saturated heterocycles. The summed E-state index contributed by atoms with van der Waals surface area (Å²) in [6.45, 7) is 3.00. The topological polar surface area (TPSA) is 67.2 Å². The van der Waals surface area contributed by atoms with Crippen LogP contribution < -0.4 is 16.6 Å². The Morgan fingerprint density at radius 2 is 2.00 bits per heavy atom. The number of amides is 1. The summed E-state index contributed by atoms with van der Waals surface area (Å²) in [6.07, 6.45) is 4.89. The maximum Gasteiger partial charge on any atom is 0.251 e. The van der Waals surface area contributed by atoms with E-state index in [2.05, 4.69) is 17.7 Å². The second kappa shape index (κ2) is 5.40. The molecule has 2 rings (SSSR count). The Balaban J connectivity index is 1.87. The maximum atomic E-state index is 12.0. The summed E-state index contributed by atoms with van der Waals surface area (Å²) >= 11 is 0. The first kappa shape index (κ1) is 12.9. The van der Waals surface area contributed by atoms with Gasteiger partial charge in [0.05, 0.1) is 0 Å². The van der Waals surface area contributed by atoms with Crippen molar-refractivity contribution in [1.82, 2.24) is 5.32 Å². The van der Waals surface area contributed by atoms with Crippen molar-refractivity contribution in [2.24, 2.45) is 11.3 Å². The van der Waals surface area contributed by atoms with E-state index >= 15 is 0 Å². The van der Waals surface area contributed by atoms with Crippen LogP contribution >= 0.6 is 0 Å². The molecule has 0 radical (unpaired) electrons. The van der Waals surface area contributed by atoms with Gasteiger partial charge < -0.3 is 10.7 Å². The fourth-order valence-electron chi connectivity index (χ4n) is 2.31. The highest BCUT2D eigenvalue weighted by atomic mass is 16.1. The van der Waals surface area contributed by atoms with E-state index in [0.29, 0.717) is 11.0 Å². The quantitative estimate of drug-likeness (QED) is 0.533. The summed E-state index contributed by atoms with van der Waals surface area (Å²) in [6, 6.07) is 7.16. The molecule has 0 spiro atoms. The molecule has 1 aromatic rings. The minimum atomic E-state index is 0.000879. The molecule has 0 heterocycles. The summed E-state index contributed by atoms with van der Waals surface area (Å²) in [7, 11) is 0. The summed E-state index contributed by atoms with van der Waals surface area (Å²) in [5.41, 5.74) is 4.42. The van der Waals surface area contributed by atoms with Crippen LogP contribution in [0.5, 0.6) is 0 Å². The number of carbonyl (C=O) groups excluding carboxylic acids is 1. The molecule has 0 aliphatic heterocycles. The molecule has 98 valence electrons. The van der Waals surface area contributed by atoms with Gasteiger partial charge >= 0.3 is 0 Å². The zero-order valence-corrected chi connectivity index (χ0v) is 10.8. The third-order valence-corrected chi connectivity index (χ3v) is 3.68. The average molecular weight is 247 g/mol. The van der Waals surface area contributed by atoms with Crippen molar-refractivity contribution in [3.8, 4) is 0 Å². The number of hydrazine groups is 1. The second-order valence-corrected chi connectivity index (χ2v) is 5.15. The van der Waals surface area contributed by atoms with Gasteiger partial charge in [-0.3, -0.25) is 10.6 Å². The van der Waals surface area contributed by atoms with Crippen LogP contribution in [0.15, 0.2) is 24.3 Å². The molecule has 18 heavy (non-hydrogen) atoms. The maximum absolute atomic E-state index is 12.0.